The van der Waals surface area contributed by atoms with Crippen LogP contribution < -0.4 is 5.32 Å². The number of hydrogen-bond donors (Lipinski definition) is 1. The van der Waals surface area contributed by atoms with Gasteiger partial charge in [0, 0.05) is 43.5 Å². The minimum absolute atomic E-state index is 0.679. The summed E-state index contributed by atoms with van der Waals surface area (Å²) in [6.07, 6.45) is 5.20. The molecule has 1 aliphatic rings. The Bertz CT molecular complexity index is 560. The Morgan fingerprint density at radius 3 is 3.10 bits per heavy atom. The lowest BCUT2D eigenvalue weighted by Gasteiger charge is -2.24. The second kappa shape index (κ2) is 6.01. The van der Waals surface area contributed by atoms with E-state index in [0.29, 0.717) is 5.92 Å². The molecule has 0 spiro atoms. The van der Waals surface area contributed by atoms with Gasteiger partial charge < -0.3 is 9.88 Å². The van der Waals surface area contributed by atoms with E-state index in [1.54, 1.807) is 11.3 Å². The second-order valence-electron chi connectivity index (χ2n) is 5.38. The molecule has 0 amide bonds. The standard InChI is InChI=1S/C14H21N5S/c1-3-13-17-18-14-5-4-11(9-19(13)14)6-15-7-12-8-16-10(2)20-12/h8,11,15H,3-7,9H2,1-2H3/t11-/m1/s1. The third-order valence-corrected chi connectivity index (χ3v) is 4.75. The predicted octanol–water partition coefficient (Wildman–Crippen LogP) is 1.96. The van der Waals surface area contributed by atoms with Crippen LogP contribution in [-0.4, -0.2) is 26.3 Å². The van der Waals surface area contributed by atoms with Crippen LogP contribution in [0.2, 0.25) is 0 Å². The first-order valence-electron chi connectivity index (χ1n) is 7.29. The minimum Gasteiger partial charge on any atom is -0.315 e. The van der Waals surface area contributed by atoms with E-state index in [-0.39, 0.29) is 0 Å². The van der Waals surface area contributed by atoms with Gasteiger partial charge >= 0.3 is 0 Å². The third kappa shape index (κ3) is 2.91. The van der Waals surface area contributed by atoms with Gasteiger partial charge in [0.2, 0.25) is 0 Å². The summed E-state index contributed by atoms with van der Waals surface area (Å²) >= 11 is 1.77. The maximum Gasteiger partial charge on any atom is 0.133 e. The van der Waals surface area contributed by atoms with Gasteiger partial charge in [-0.15, -0.1) is 21.5 Å². The Hall–Kier alpha value is -1.27. The lowest BCUT2D eigenvalue weighted by atomic mass is 9.99. The molecule has 0 bridgehead atoms. The van der Waals surface area contributed by atoms with Crippen molar-refractivity contribution in [3.63, 3.8) is 0 Å². The third-order valence-electron chi connectivity index (χ3n) is 3.84. The van der Waals surface area contributed by atoms with Crippen molar-refractivity contribution in [2.45, 2.75) is 46.2 Å². The molecule has 6 heteroatoms. The quantitative estimate of drug-likeness (QED) is 0.915. The van der Waals surface area contributed by atoms with Crippen molar-refractivity contribution in [3.8, 4) is 0 Å². The molecule has 5 nitrogen and oxygen atoms in total. The average molecular weight is 291 g/mol. The second-order valence-corrected chi connectivity index (χ2v) is 6.70. The van der Waals surface area contributed by atoms with Crippen LogP contribution in [0.1, 0.15) is 34.9 Å². The first-order valence-corrected chi connectivity index (χ1v) is 8.11. The van der Waals surface area contributed by atoms with Crippen molar-refractivity contribution in [1.82, 2.24) is 25.1 Å². The Balaban J connectivity index is 1.52. The first kappa shape index (κ1) is 13.7. The highest BCUT2D eigenvalue weighted by atomic mass is 32.1. The number of nitrogens with zero attached hydrogens (tertiary/aromatic N) is 4. The molecule has 0 saturated carbocycles. The van der Waals surface area contributed by atoms with E-state index >= 15 is 0 Å². The van der Waals surface area contributed by atoms with Gasteiger partial charge in [0.15, 0.2) is 0 Å². The molecule has 0 radical (unpaired) electrons. The van der Waals surface area contributed by atoms with Crippen LogP contribution in [0, 0.1) is 12.8 Å². The SMILES string of the molecule is CCc1nnc2n1C[C@@H](CNCc1cnc(C)s1)CC2. The molecule has 0 aromatic carbocycles. The average Bonchev–Trinajstić information content (AvgIpc) is 3.04. The van der Waals surface area contributed by atoms with E-state index in [1.807, 2.05) is 6.20 Å². The lowest BCUT2D eigenvalue weighted by Crippen LogP contribution is -2.30. The van der Waals surface area contributed by atoms with E-state index in [2.05, 4.69) is 38.9 Å². The maximum atomic E-state index is 4.29. The monoisotopic (exact) mass is 291 g/mol. The lowest BCUT2D eigenvalue weighted by molar-refractivity contribution is 0.343. The van der Waals surface area contributed by atoms with Gasteiger partial charge in [-0.05, 0) is 19.3 Å². The number of fused-ring (bicyclic) bond motifs is 1. The van der Waals surface area contributed by atoms with E-state index < -0.39 is 0 Å². The molecule has 0 fully saturated rings. The van der Waals surface area contributed by atoms with Crippen molar-refractivity contribution in [3.05, 3.63) is 27.7 Å². The Morgan fingerprint density at radius 2 is 2.35 bits per heavy atom. The van der Waals surface area contributed by atoms with Crippen LogP contribution in [-0.2, 0) is 25.9 Å². The fourth-order valence-electron chi connectivity index (χ4n) is 2.77. The summed E-state index contributed by atoms with van der Waals surface area (Å²) in [5, 5.41) is 13.2. The van der Waals surface area contributed by atoms with Gasteiger partial charge in [0.25, 0.3) is 0 Å². The number of nitrogens with one attached hydrogen (secondary N) is 1. The number of thiazole rings is 1. The van der Waals surface area contributed by atoms with E-state index in [1.165, 1.54) is 11.3 Å². The molecule has 2 aromatic heterocycles. The van der Waals surface area contributed by atoms with Crippen LogP contribution in [0.5, 0.6) is 0 Å². The van der Waals surface area contributed by atoms with E-state index in [4.69, 9.17) is 0 Å². The molecule has 108 valence electrons. The largest absolute Gasteiger partial charge is 0.315 e. The van der Waals surface area contributed by atoms with Crippen molar-refractivity contribution in [2.24, 2.45) is 5.92 Å². The zero-order valence-electron chi connectivity index (χ0n) is 12.1. The highest BCUT2D eigenvalue weighted by Crippen LogP contribution is 2.20. The number of rotatable bonds is 5. The summed E-state index contributed by atoms with van der Waals surface area (Å²) in [5.74, 6) is 2.97. The molecule has 2 aromatic rings. The van der Waals surface area contributed by atoms with Gasteiger partial charge in [-0.3, -0.25) is 0 Å². The number of aromatic nitrogens is 4. The van der Waals surface area contributed by atoms with Crippen molar-refractivity contribution in [2.75, 3.05) is 6.54 Å². The summed E-state index contributed by atoms with van der Waals surface area (Å²) in [5.41, 5.74) is 0. The molecule has 3 heterocycles. The fraction of sp³-hybridized carbons (Fsp3) is 0.643. The van der Waals surface area contributed by atoms with Gasteiger partial charge in [0.05, 0.1) is 5.01 Å². The molecule has 0 saturated heterocycles. The van der Waals surface area contributed by atoms with E-state index in [9.17, 15) is 0 Å². The minimum atomic E-state index is 0.679. The highest BCUT2D eigenvalue weighted by molar-refractivity contribution is 7.11. The van der Waals surface area contributed by atoms with E-state index in [0.717, 1.165) is 49.1 Å². The Morgan fingerprint density at radius 1 is 1.45 bits per heavy atom. The zero-order chi connectivity index (χ0) is 13.9. The van der Waals surface area contributed by atoms with Crippen molar-refractivity contribution in [1.29, 1.82) is 0 Å². The summed E-state index contributed by atoms with van der Waals surface area (Å²) in [4.78, 5) is 5.60. The Kier molecular flexibility index (Phi) is 4.12. The zero-order valence-corrected chi connectivity index (χ0v) is 12.9. The van der Waals surface area contributed by atoms with Gasteiger partial charge in [-0.2, -0.15) is 0 Å². The first-order chi connectivity index (χ1) is 9.76. The van der Waals surface area contributed by atoms with Crippen LogP contribution in [0.4, 0.5) is 0 Å². The molecule has 0 unspecified atom stereocenters. The van der Waals surface area contributed by atoms with Crippen LogP contribution in [0.3, 0.4) is 0 Å². The van der Waals surface area contributed by atoms with Gasteiger partial charge in [-0.25, -0.2) is 4.98 Å². The normalized spacial score (nSPS) is 18.2. The molecule has 1 atom stereocenters. The maximum absolute atomic E-state index is 4.29. The summed E-state index contributed by atoms with van der Waals surface area (Å²) < 4.78 is 2.31. The van der Waals surface area contributed by atoms with Gasteiger partial charge in [-0.1, -0.05) is 6.92 Å². The summed E-state index contributed by atoms with van der Waals surface area (Å²) in [6.45, 7) is 7.23. The Labute approximate surface area is 123 Å². The predicted molar refractivity (Wildman–Crippen MR) is 79.8 cm³/mol. The number of hydrogen-bond acceptors (Lipinski definition) is 5. The molecule has 20 heavy (non-hydrogen) atoms. The highest BCUT2D eigenvalue weighted by Gasteiger charge is 2.21. The van der Waals surface area contributed by atoms with Crippen molar-refractivity contribution < 1.29 is 0 Å². The van der Waals surface area contributed by atoms with Crippen molar-refractivity contribution >= 4 is 11.3 Å². The van der Waals surface area contributed by atoms with Crippen LogP contribution in [0.25, 0.3) is 0 Å². The molecule has 0 aliphatic carbocycles. The molecular formula is C14H21N5S. The fourth-order valence-corrected chi connectivity index (χ4v) is 3.53. The molecule has 1 N–H and O–H groups in total. The molecule has 3 rings (SSSR count). The topological polar surface area (TPSA) is 55.6 Å². The summed E-state index contributed by atoms with van der Waals surface area (Å²) in [7, 11) is 0. The summed E-state index contributed by atoms with van der Waals surface area (Å²) in [6, 6.07) is 0. The van der Waals surface area contributed by atoms with Crippen LogP contribution >= 0.6 is 11.3 Å². The smallest absolute Gasteiger partial charge is 0.133 e. The number of aryl methyl sites for hydroxylation is 3. The molecular weight excluding hydrogens is 270 g/mol. The van der Waals surface area contributed by atoms with Gasteiger partial charge in [0.1, 0.15) is 11.6 Å². The van der Waals surface area contributed by atoms with Crippen LogP contribution in [0.15, 0.2) is 6.20 Å². The molecule has 1 aliphatic heterocycles.